The third-order valence-corrected chi connectivity index (χ3v) is 6.02. The molecule has 4 N–H and O–H groups in total. The molecule has 0 aromatic heterocycles. The summed E-state index contributed by atoms with van der Waals surface area (Å²) in [6, 6.07) is -0.605. The molecule has 154 valence electrons. The minimum absolute atomic E-state index is 0.144. The zero-order valence-electron chi connectivity index (χ0n) is 17.4. The number of nitrogens with one attached hydrogen (secondary N) is 2. The zero-order chi connectivity index (χ0) is 20.4. The van der Waals surface area contributed by atoms with Crippen molar-refractivity contribution in [3.8, 4) is 0 Å². The van der Waals surface area contributed by atoms with E-state index in [1.54, 1.807) is 0 Å². The number of urea groups is 1. The SMILES string of the molecule is CC(C)CC(CN)NC(=O)CN1C(=O)NC2(CCC(C(C)(C)C)CC2)C1=O. The van der Waals surface area contributed by atoms with Gasteiger partial charge in [-0.05, 0) is 49.4 Å². The summed E-state index contributed by atoms with van der Waals surface area (Å²) in [5.74, 6) is 0.335. The average molecular weight is 381 g/mol. The maximum absolute atomic E-state index is 13.0. The molecule has 0 bridgehead atoms. The molecule has 4 amide bonds. The number of amides is 4. The van der Waals surface area contributed by atoms with Crippen LogP contribution in [0.25, 0.3) is 0 Å². The summed E-state index contributed by atoms with van der Waals surface area (Å²) in [6.07, 6.45) is 3.84. The number of nitrogens with zero attached hydrogens (tertiary/aromatic N) is 1. The van der Waals surface area contributed by atoms with Crippen molar-refractivity contribution in [3.05, 3.63) is 0 Å². The second-order valence-corrected chi connectivity index (χ2v) is 9.67. The molecule has 2 aliphatic rings. The van der Waals surface area contributed by atoms with Gasteiger partial charge in [-0.1, -0.05) is 34.6 Å². The van der Waals surface area contributed by atoms with Crippen molar-refractivity contribution in [2.75, 3.05) is 13.1 Å². The Morgan fingerprint density at radius 1 is 1.30 bits per heavy atom. The van der Waals surface area contributed by atoms with Crippen molar-refractivity contribution in [2.24, 2.45) is 23.0 Å². The molecule has 1 atom stereocenters. The minimum atomic E-state index is -0.829. The van der Waals surface area contributed by atoms with Gasteiger partial charge in [0.15, 0.2) is 0 Å². The summed E-state index contributed by atoms with van der Waals surface area (Å²) in [5, 5.41) is 5.73. The maximum Gasteiger partial charge on any atom is 0.325 e. The lowest BCUT2D eigenvalue weighted by atomic mass is 9.67. The normalized spacial score (nSPS) is 27.2. The Kier molecular flexibility index (Phi) is 6.55. The third kappa shape index (κ3) is 5.00. The first-order chi connectivity index (χ1) is 12.5. The molecule has 0 radical (unpaired) electrons. The van der Waals surface area contributed by atoms with Crippen molar-refractivity contribution >= 4 is 17.8 Å². The summed E-state index contributed by atoms with van der Waals surface area (Å²) in [6.45, 7) is 10.9. The fraction of sp³-hybridized carbons (Fsp3) is 0.850. The van der Waals surface area contributed by atoms with E-state index in [1.807, 2.05) is 0 Å². The molecule has 1 aliphatic carbocycles. The number of carbonyl (C=O) groups excluding carboxylic acids is 3. The molecule has 1 aliphatic heterocycles. The number of hydrogen-bond donors (Lipinski definition) is 3. The summed E-state index contributed by atoms with van der Waals surface area (Å²) in [4.78, 5) is 38.8. The Labute approximate surface area is 162 Å². The highest BCUT2D eigenvalue weighted by Gasteiger charge is 2.53. The zero-order valence-corrected chi connectivity index (χ0v) is 17.4. The number of rotatable bonds is 6. The van der Waals surface area contributed by atoms with E-state index in [9.17, 15) is 14.4 Å². The van der Waals surface area contributed by atoms with Crippen LogP contribution in [0.1, 0.15) is 66.7 Å². The fourth-order valence-corrected chi connectivity index (χ4v) is 4.34. The Morgan fingerprint density at radius 2 is 1.89 bits per heavy atom. The monoisotopic (exact) mass is 380 g/mol. The highest BCUT2D eigenvalue weighted by atomic mass is 16.2. The molecule has 1 heterocycles. The van der Waals surface area contributed by atoms with Crippen molar-refractivity contribution in [1.82, 2.24) is 15.5 Å². The van der Waals surface area contributed by atoms with Crippen LogP contribution in [0.4, 0.5) is 4.79 Å². The molecule has 2 rings (SSSR count). The van der Waals surface area contributed by atoms with Gasteiger partial charge in [-0.15, -0.1) is 0 Å². The summed E-state index contributed by atoms with van der Waals surface area (Å²) in [5.41, 5.74) is 5.08. The minimum Gasteiger partial charge on any atom is -0.351 e. The van der Waals surface area contributed by atoms with Gasteiger partial charge in [0.05, 0.1) is 0 Å². The Hall–Kier alpha value is -1.63. The Morgan fingerprint density at radius 3 is 2.37 bits per heavy atom. The molecule has 7 heteroatoms. The first-order valence-electron chi connectivity index (χ1n) is 10.1. The van der Waals surface area contributed by atoms with Crippen LogP contribution >= 0.6 is 0 Å². The first-order valence-corrected chi connectivity index (χ1v) is 10.1. The predicted octanol–water partition coefficient (Wildman–Crippen LogP) is 2.00. The van der Waals surface area contributed by atoms with Crippen LogP contribution in [-0.2, 0) is 9.59 Å². The van der Waals surface area contributed by atoms with E-state index in [0.717, 1.165) is 24.2 Å². The van der Waals surface area contributed by atoms with Crippen LogP contribution in [0.15, 0.2) is 0 Å². The van der Waals surface area contributed by atoms with Crippen molar-refractivity contribution < 1.29 is 14.4 Å². The van der Waals surface area contributed by atoms with E-state index in [1.165, 1.54) is 0 Å². The van der Waals surface area contributed by atoms with Gasteiger partial charge in [-0.25, -0.2) is 4.79 Å². The van der Waals surface area contributed by atoms with Gasteiger partial charge in [0, 0.05) is 12.6 Å². The predicted molar refractivity (Wildman–Crippen MR) is 105 cm³/mol. The highest BCUT2D eigenvalue weighted by molar-refractivity contribution is 6.09. The molecule has 0 aromatic rings. The molecule has 27 heavy (non-hydrogen) atoms. The van der Waals surface area contributed by atoms with Gasteiger partial charge in [-0.3, -0.25) is 14.5 Å². The molecule has 1 spiro atoms. The molecule has 1 saturated heterocycles. The number of hydrogen-bond acceptors (Lipinski definition) is 4. The van der Waals surface area contributed by atoms with E-state index in [4.69, 9.17) is 5.73 Å². The lowest BCUT2D eigenvalue weighted by Crippen LogP contribution is -2.51. The molecular weight excluding hydrogens is 344 g/mol. The molecule has 2 fully saturated rings. The maximum atomic E-state index is 13.0. The Balaban J connectivity index is 1.97. The second kappa shape index (κ2) is 8.17. The van der Waals surface area contributed by atoms with Crippen molar-refractivity contribution in [3.63, 3.8) is 0 Å². The van der Waals surface area contributed by atoms with Crippen molar-refractivity contribution in [1.29, 1.82) is 0 Å². The van der Waals surface area contributed by atoms with Crippen LogP contribution < -0.4 is 16.4 Å². The number of imide groups is 1. The van der Waals surface area contributed by atoms with Gasteiger partial charge >= 0.3 is 6.03 Å². The smallest absolute Gasteiger partial charge is 0.325 e. The van der Waals surface area contributed by atoms with Crippen LogP contribution in [0.2, 0.25) is 0 Å². The van der Waals surface area contributed by atoms with Crippen molar-refractivity contribution in [2.45, 2.75) is 78.3 Å². The number of nitrogens with two attached hydrogens (primary N) is 1. The molecule has 1 saturated carbocycles. The summed E-state index contributed by atoms with van der Waals surface area (Å²) >= 11 is 0. The van der Waals surface area contributed by atoms with Crippen LogP contribution in [0, 0.1) is 17.3 Å². The number of carbonyl (C=O) groups is 3. The van der Waals surface area contributed by atoms with E-state index in [-0.39, 0.29) is 29.8 Å². The molecule has 1 unspecified atom stereocenters. The molecular formula is C20H36N4O3. The highest BCUT2D eigenvalue weighted by Crippen LogP contribution is 2.43. The van der Waals surface area contributed by atoms with Gasteiger partial charge in [0.2, 0.25) is 5.91 Å². The van der Waals surface area contributed by atoms with E-state index >= 15 is 0 Å². The van der Waals surface area contributed by atoms with Crippen LogP contribution in [0.3, 0.4) is 0 Å². The van der Waals surface area contributed by atoms with Gasteiger partial charge < -0.3 is 16.4 Å². The Bertz CT molecular complexity index is 574. The molecule has 7 nitrogen and oxygen atoms in total. The van der Waals surface area contributed by atoms with Crippen LogP contribution in [0.5, 0.6) is 0 Å². The van der Waals surface area contributed by atoms with Gasteiger partial charge in [0.1, 0.15) is 12.1 Å². The van der Waals surface area contributed by atoms with Gasteiger partial charge in [0.25, 0.3) is 5.91 Å². The lowest BCUT2D eigenvalue weighted by molar-refractivity contribution is -0.136. The third-order valence-electron chi connectivity index (χ3n) is 6.02. The fourth-order valence-electron chi connectivity index (χ4n) is 4.34. The lowest BCUT2D eigenvalue weighted by Gasteiger charge is -2.40. The van der Waals surface area contributed by atoms with E-state index in [0.29, 0.717) is 31.2 Å². The standard InChI is InChI=1S/C20H36N4O3/c1-13(2)10-15(11-21)22-16(25)12-24-17(26)20(23-18(24)27)8-6-14(7-9-20)19(3,4)5/h13-15H,6-12,21H2,1-5H3,(H,22,25)(H,23,27). The molecule has 0 aromatic carbocycles. The second-order valence-electron chi connectivity index (χ2n) is 9.67. The quantitative estimate of drug-likeness (QED) is 0.613. The van der Waals surface area contributed by atoms with E-state index < -0.39 is 11.6 Å². The first kappa shape index (κ1) is 21.7. The average Bonchev–Trinajstić information content (AvgIpc) is 2.77. The summed E-state index contributed by atoms with van der Waals surface area (Å²) in [7, 11) is 0. The van der Waals surface area contributed by atoms with Gasteiger partial charge in [-0.2, -0.15) is 0 Å². The van der Waals surface area contributed by atoms with Crippen LogP contribution in [-0.4, -0.2) is 47.4 Å². The van der Waals surface area contributed by atoms with E-state index in [2.05, 4.69) is 45.3 Å². The topological polar surface area (TPSA) is 105 Å². The summed E-state index contributed by atoms with van der Waals surface area (Å²) < 4.78 is 0. The largest absolute Gasteiger partial charge is 0.351 e.